The van der Waals surface area contributed by atoms with Gasteiger partial charge in [-0.25, -0.2) is 9.97 Å². The molecule has 2 rings (SSSR count). The van der Waals surface area contributed by atoms with Gasteiger partial charge in [0.05, 0.1) is 0 Å². The molecule has 3 nitrogen and oxygen atoms in total. The Kier molecular flexibility index (Phi) is 3.97. The number of anilines is 1. The van der Waals surface area contributed by atoms with Crippen LogP contribution in [-0.2, 0) is 6.42 Å². The standard InChI is InChI=1S/C14H23N3/c1-4-6-13-15-12(3)9-14(16-13)17-8-5-7-11(2)10-17/h9,11H,4-8,10H2,1-3H3/t11-/m1/s1. The van der Waals surface area contributed by atoms with Gasteiger partial charge in [-0.15, -0.1) is 0 Å². The Morgan fingerprint density at radius 2 is 2.24 bits per heavy atom. The molecule has 0 amide bonds. The molecular formula is C14H23N3. The summed E-state index contributed by atoms with van der Waals surface area (Å²) in [5, 5.41) is 0. The van der Waals surface area contributed by atoms with Crippen molar-refractivity contribution in [1.29, 1.82) is 0 Å². The molecule has 1 aromatic rings. The molecule has 1 atom stereocenters. The lowest BCUT2D eigenvalue weighted by atomic mass is 10.0. The zero-order valence-corrected chi connectivity index (χ0v) is 11.2. The lowest BCUT2D eigenvalue weighted by Gasteiger charge is -2.32. The van der Waals surface area contributed by atoms with Gasteiger partial charge in [-0.3, -0.25) is 0 Å². The van der Waals surface area contributed by atoms with Crippen LogP contribution in [0.5, 0.6) is 0 Å². The maximum Gasteiger partial charge on any atom is 0.132 e. The van der Waals surface area contributed by atoms with Crippen molar-refractivity contribution >= 4 is 5.82 Å². The summed E-state index contributed by atoms with van der Waals surface area (Å²) < 4.78 is 0. The van der Waals surface area contributed by atoms with Crippen molar-refractivity contribution in [2.45, 2.75) is 46.5 Å². The van der Waals surface area contributed by atoms with Crippen LogP contribution >= 0.6 is 0 Å². The monoisotopic (exact) mass is 233 g/mol. The third-order valence-corrected chi connectivity index (χ3v) is 3.34. The molecule has 1 aromatic heterocycles. The molecule has 2 heterocycles. The Morgan fingerprint density at radius 3 is 2.94 bits per heavy atom. The van der Waals surface area contributed by atoms with E-state index in [9.17, 15) is 0 Å². The van der Waals surface area contributed by atoms with E-state index in [1.807, 2.05) is 0 Å². The molecule has 17 heavy (non-hydrogen) atoms. The molecular weight excluding hydrogens is 210 g/mol. The lowest BCUT2D eigenvalue weighted by Crippen LogP contribution is -2.35. The number of aryl methyl sites for hydroxylation is 2. The number of aromatic nitrogens is 2. The van der Waals surface area contributed by atoms with E-state index < -0.39 is 0 Å². The van der Waals surface area contributed by atoms with Crippen molar-refractivity contribution < 1.29 is 0 Å². The van der Waals surface area contributed by atoms with Gasteiger partial charge in [-0.2, -0.15) is 0 Å². The van der Waals surface area contributed by atoms with Gasteiger partial charge in [-0.05, 0) is 32.1 Å². The average molecular weight is 233 g/mol. The van der Waals surface area contributed by atoms with E-state index in [0.29, 0.717) is 0 Å². The van der Waals surface area contributed by atoms with Crippen molar-refractivity contribution in [3.63, 3.8) is 0 Å². The highest BCUT2D eigenvalue weighted by atomic mass is 15.2. The predicted molar refractivity (Wildman–Crippen MR) is 71.4 cm³/mol. The minimum atomic E-state index is 0.786. The second kappa shape index (κ2) is 5.48. The van der Waals surface area contributed by atoms with Gasteiger partial charge in [0.1, 0.15) is 11.6 Å². The minimum absolute atomic E-state index is 0.786. The van der Waals surface area contributed by atoms with Crippen molar-refractivity contribution in [2.75, 3.05) is 18.0 Å². The van der Waals surface area contributed by atoms with Crippen LogP contribution in [-0.4, -0.2) is 23.1 Å². The number of nitrogens with zero attached hydrogens (tertiary/aromatic N) is 3. The first-order valence-corrected chi connectivity index (χ1v) is 6.78. The molecule has 0 radical (unpaired) electrons. The van der Waals surface area contributed by atoms with Gasteiger partial charge < -0.3 is 4.90 Å². The van der Waals surface area contributed by atoms with E-state index in [4.69, 9.17) is 4.98 Å². The zero-order valence-electron chi connectivity index (χ0n) is 11.2. The van der Waals surface area contributed by atoms with Gasteiger partial charge in [0, 0.05) is 31.3 Å². The first-order chi connectivity index (χ1) is 8.19. The van der Waals surface area contributed by atoms with E-state index in [1.165, 1.54) is 12.8 Å². The van der Waals surface area contributed by atoms with Crippen LogP contribution in [0.3, 0.4) is 0 Å². The van der Waals surface area contributed by atoms with Crippen LogP contribution in [0.25, 0.3) is 0 Å². The summed E-state index contributed by atoms with van der Waals surface area (Å²) in [5.74, 6) is 2.92. The van der Waals surface area contributed by atoms with Crippen LogP contribution in [0.15, 0.2) is 6.07 Å². The molecule has 1 aliphatic rings. The first-order valence-electron chi connectivity index (χ1n) is 6.78. The molecule has 0 unspecified atom stereocenters. The molecule has 0 saturated carbocycles. The molecule has 0 bridgehead atoms. The molecule has 0 aliphatic carbocycles. The topological polar surface area (TPSA) is 29.0 Å². The zero-order chi connectivity index (χ0) is 12.3. The summed E-state index contributed by atoms with van der Waals surface area (Å²) in [7, 11) is 0. The fraction of sp³-hybridized carbons (Fsp3) is 0.714. The van der Waals surface area contributed by atoms with Crippen LogP contribution in [0, 0.1) is 12.8 Å². The lowest BCUT2D eigenvalue weighted by molar-refractivity contribution is 0.444. The summed E-state index contributed by atoms with van der Waals surface area (Å²) in [5.41, 5.74) is 1.09. The number of hydrogen-bond donors (Lipinski definition) is 0. The maximum absolute atomic E-state index is 4.70. The summed E-state index contributed by atoms with van der Waals surface area (Å²) >= 11 is 0. The number of hydrogen-bond acceptors (Lipinski definition) is 3. The van der Waals surface area contributed by atoms with Crippen LogP contribution in [0.2, 0.25) is 0 Å². The summed E-state index contributed by atoms with van der Waals surface area (Å²) in [6, 6.07) is 2.12. The van der Waals surface area contributed by atoms with E-state index in [-0.39, 0.29) is 0 Å². The Hall–Kier alpha value is -1.12. The second-order valence-electron chi connectivity index (χ2n) is 5.23. The Labute approximate surface area is 104 Å². The molecule has 1 fully saturated rings. The van der Waals surface area contributed by atoms with Crippen molar-refractivity contribution in [2.24, 2.45) is 5.92 Å². The molecule has 0 aromatic carbocycles. The highest BCUT2D eigenvalue weighted by Crippen LogP contribution is 2.21. The molecule has 1 saturated heterocycles. The van der Waals surface area contributed by atoms with Gasteiger partial charge in [0.15, 0.2) is 0 Å². The molecule has 94 valence electrons. The van der Waals surface area contributed by atoms with Crippen LogP contribution in [0.1, 0.15) is 44.6 Å². The van der Waals surface area contributed by atoms with Gasteiger partial charge in [0.25, 0.3) is 0 Å². The molecule has 0 spiro atoms. The Balaban J connectivity index is 2.18. The number of piperidine rings is 1. The van der Waals surface area contributed by atoms with E-state index >= 15 is 0 Å². The van der Waals surface area contributed by atoms with Gasteiger partial charge in [0.2, 0.25) is 0 Å². The van der Waals surface area contributed by atoms with Crippen LogP contribution in [0.4, 0.5) is 5.82 Å². The fourth-order valence-corrected chi connectivity index (χ4v) is 2.51. The van der Waals surface area contributed by atoms with E-state index in [1.54, 1.807) is 0 Å². The van der Waals surface area contributed by atoms with Gasteiger partial charge >= 0.3 is 0 Å². The van der Waals surface area contributed by atoms with Gasteiger partial charge in [-0.1, -0.05) is 13.8 Å². The van der Waals surface area contributed by atoms with Crippen molar-refractivity contribution in [3.05, 3.63) is 17.6 Å². The quantitative estimate of drug-likeness (QED) is 0.803. The highest BCUT2D eigenvalue weighted by Gasteiger charge is 2.18. The first kappa shape index (κ1) is 12.3. The molecule has 0 N–H and O–H groups in total. The summed E-state index contributed by atoms with van der Waals surface area (Å²) in [4.78, 5) is 11.6. The summed E-state index contributed by atoms with van der Waals surface area (Å²) in [6.07, 6.45) is 4.73. The second-order valence-corrected chi connectivity index (χ2v) is 5.23. The normalized spacial score (nSPS) is 20.6. The fourth-order valence-electron chi connectivity index (χ4n) is 2.51. The Morgan fingerprint density at radius 1 is 1.41 bits per heavy atom. The largest absolute Gasteiger partial charge is 0.356 e. The van der Waals surface area contributed by atoms with E-state index in [0.717, 1.165) is 49.2 Å². The minimum Gasteiger partial charge on any atom is -0.356 e. The average Bonchev–Trinajstić information content (AvgIpc) is 2.28. The molecule has 3 heteroatoms. The Bertz CT molecular complexity index is 376. The van der Waals surface area contributed by atoms with Crippen molar-refractivity contribution in [3.8, 4) is 0 Å². The SMILES string of the molecule is CCCc1nc(C)cc(N2CCC[C@@H](C)C2)n1. The smallest absolute Gasteiger partial charge is 0.132 e. The molecule has 1 aliphatic heterocycles. The summed E-state index contributed by atoms with van der Waals surface area (Å²) in [6.45, 7) is 8.85. The van der Waals surface area contributed by atoms with Crippen molar-refractivity contribution in [1.82, 2.24) is 9.97 Å². The van der Waals surface area contributed by atoms with E-state index in [2.05, 4.69) is 36.7 Å². The third kappa shape index (κ3) is 3.18. The highest BCUT2D eigenvalue weighted by molar-refractivity contribution is 5.40. The van der Waals surface area contributed by atoms with Crippen LogP contribution < -0.4 is 4.90 Å². The third-order valence-electron chi connectivity index (χ3n) is 3.34. The number of rotatable bonds is 3. The maximum atomic E-state index is 4.70. The predicted octanol–water partition coefficient (Wildman–Crippen LogP) is 2.97.